The highest BCUT2D eigenvalue weighted by molar-refractivity contribution is 9.10. The van der Waals surface area contributed by atoms with Crippen molar-refractivity contribution in [1.82, 2.24) is 9.78 Å². The first-order valence-electron chi connectivity index (χ1n) is 4.40. The summed E-state index contributed by atoms with van der Waals surface area (Å²) in [5, 5.41) is 4.87. The second-order valence-corrected chi connectivity index (χ2v) is 4.43. The minimum absolute atomic E-state index is 0.462. The van der Waals surface area contributed by atoms with Gasteiger partial charge in [-0.2, -0.15) is 5.10 Å². The topological polar surface area (TPSA) is 43.8 Å². The average Bonchev–Trinajstić information content (AvgIpc) is 2.65. The molecular formula is C10H9BrClN3. The molecule has 0 unspecified atom stereocenters. The van der Waals surface area contributed by atoms with Crippen LogP contribution in [0.25, 0.3) is 5.69 Å². The molecule has 5 heteroatoms. The van der Waals surface area contributed by atoms with Gasteiger partial charge >= 0.3 is 0 Å². The summed E-state index contributed by atoms with van der Waals surface area (Å²) in [4.78, 5) is 0. The van der Waals surface area contributed by atoms with E-state index in [0.29, 0.717) is 11.6 Å². The van der Waals surface area contributed by atoms with E-state index in [1.54, 1.807) is 10.9 Å². The zero-order valence-corrected chi connectivity index (χ0v) is 10.2. The van der Waals surface area contributed by atoms with Gasteiger partial charge in [0.1, 0.15) is 0 Å². The second kappa shape index (κ2) is 4.35. The van der Waals surface area contributed by atoms with Crippen LogP contribution >= 0.6 is 27.5 Å². The van der Waals surface area contributed by atoms with Gasteiger partial charge in [0.05, 0.1) is 16.4 Å². The minimum atomic E-state index is 0.462. The van der Waals surface area contributed by atoms with Crippen LogP contribution in [0.3, 0.4) is 0 Å². The summed E-state index contributed by atoms with van der Waals surface area (Å²) in [6.07, 6.45) is 3.59. The molecule has 0 saturated heterocycles. The van der Waals surface area contributed by atoms with Gasteiger partial charge in [0.25, 0.3) is 0 Å². The molecule has 0 atom stereocenters. The van der Waals surface area contributed by atoms with Crippen LogP contribution in [0.4, 0.5) is 0 Å². The highest BCUT2D eigenvalue weighted by atomic mass is 79.9. The first kappa shape index (κ1) is 10.7. The molecule has 1 aromatic carbocycles. The molecule has 0 amide bonds. The van der Waals surface area contributed by atoms with Gasteiger partial charge in [-0.05, 0) is 33.6 Å². The fourth-order valence-electron chi connectivity index (χ4n) is 1.36. The van der Waals surface area contributed by atoms with E-state index in [1.807, 2.05) is 24.4 Å². The Bertz CT molecular complexity index is 481. The summed E-state index contributed by atoms with van der Waals surface area (Å²) in [6, 6.07) is 5.59. The zero-order valence-electron chi connectivity index (χ0n) is 7.82. The molecule has 78 valence electrons. The van der Waals surface area contributed by atoms with Crippen LogP contribution in [0.5, 0.6) is 0 Å². The summed E-state index contributed by atoms with van der Waals surface area (Å²) in [5.74, 6) is 0. The SMILES string of the molecule is NCc1ccc(Cl)cc1-n1cc(Br)cn1. The number of rotatable bonds is 2. The van der Waals surface area contributed by atoms with E-state index in [-0.39, 0.29) is 0 Å². The highest BCUT2D eigenvalue weighted by Gasteiger charge is 2.05. The molecule has 1 aromatic heterocycles. The number of hydrogen-bond acceptors (Lipinski definition) is 2. The Balaban J connectivity index is 2.55. The predicted octanol–water partition coefficient (Wildman–Crippen LogP) is 2.75. The van der Waals surface area contributed by atoms with Crippen LogP contribution < -0.4 is 5.73 Å². The third kappa shape index (κ3) is 2.22. The molecule has 0 aliphatic carbocycles. The smallest absolute Gasteiger partial charge is 0.0705 e. The van der Waals surface area contributed by atoms with E-state index in [1.165, 1.54) is 0 Å². The summed E-state index contributed by atoms with van der Waals surface area (Å²) in [7, 11) is 0. The van der Waals surface area contributed by atoms with E-state index >= 15 is 0 Å². The van der Waals surface area contributed by atoms with Crippen molar-refractivity contribution < 1.29 is 0 Å². The molecule has 1 heterocycles. The maximum atomic E-state index is 5.94. The number of hydrogen-bond donors (Lipinski definition) is 1. The van der Waals surface area contributed by atoms with Crippen LogP contribution in [0.2, 0.25) is 5.02 Å². The third-order valence-electron chi connectivity index (χ3n) is 2.07. The lowest BCUT2D eigenvalue weighted by Gasteiger charge is -2.07. The number of aromatic nitrogens is 2. The summed E-state index contributed by atoms with van der Waals surface area (Å²) in [5.41, 5.74) is 7.57. The van der Waals surface area contributed by atoms with Crippen LogP contribution in [0, 0.1) is 0 Å². The molecule has 0 bridgehead atoms. The number of nitrogens with zero attached hydrogens (tertiary/aromatic N) is 2. The van der Waals surface area contributed by atoms with Gasteiger partial charge in [-0.1, -0.05) is 17.7 Å². The van der Waals surface area contributed by atoms with Crippen molar-refractivity contribution in [3.63, 3.8) is 0 Å². The Morgan fingerprint density at radius 2 is 2.27 bits per heavy atom. The molecule has 0 fully saturated rings. The predicted molar refractivity (Wildman–Crippen MR) is 64.2 cm³/mol. The fraction of sp³-hybridized carbons (Fsp3) is 0.100. The van der Waals surface area contributed by atoms with Crippen molar-refractivity contribution in [2.24, 2.45) is 5.73 Å². The molecule has 3 nitrogen and oxygen atoms in total. The van der Waals surface area contributed by atoms with Crippen molar-refractivity contribution in [2.45, 2.75) is 6.54 Å². The zero-order chi connectivity index (χ0) is 10.8. The van der Waals surface area contributed by atoms with Crippen LogP contribution in [0.1, 0.15) is 5.56 Å². The van der Waals surface area contributed by atoms with E-state index in [2.05, 4.69) is 21.0 Å². The van der Waals surface area contributed by atoms with Gasteiger partial charge in [0.2, 0.25) is 0 Å². The highest BCUT2D eigenvalue weighted by Crippen LogP contribution is 2.20. The minimum Gasteiger partial charge on any atom is -0.326 e. The van der Waals surface area contributed by atoms with Crippen molar-refractivity contribution in [1.29, 1.82) is 0 Å². The molecule has 0 aliphatic heterocycles. The summed E-state index contributed by atoms with van der Waals surface area (Å²) in [6.45, 7) is 0.462. The molecule has 0 spiro atoms. The van der Waals surface area contributed by atoms with Crippen molar-refractivity contribution >= 4 is 27.5 Å². The third-order valence-corrected chi connectivity index (χ3v) is 2.71. The first-order chi connectivity index (χ1) is 7.20. The van der Waals surface area contributed by atoms with Gasteiger partial charge in [-0.25, -0.2) is 4.68 Å². The van der Waals surface area contributed by atoms with Crippen molar-refractivity contribution in [3.8, 4) is 5.69 Å². The Kier molecular flexibility index (Phi) is 3.09. The fourth-order valence-corrected chi connectivity index (χ4v) is 1.81. The molecule has 2 rings (SSSR count). The van der Waals surface area contributed by atoms with Gasteiger partial charge in [0.15, 0.2) is 0 Å². The van der Waals surface area contributed by atoms with Crippen molar-refractivity contribution in [3.05, 3.63) is 45.7 Å². The van der Waals surface area contributed by atoms with E-state index in [9.17, 15) is 0 Å². The Morgan fingerprint density at radius 3 is 2.87 bits per heavy atom. The quantitative estimate of drug-likeness (QED) is 0.922. The molecule has 2 N–H and O–H groups in total. The standard InChI is InChI=1S/C10H9BrClN3/c11-8-5-14-15(6-8)10-3-9(12)2-1-7(10)4-13/h1-3,5-6H,4,13H2. The Morgan fingerprint density at radius 1 is 1.47 bits per heavy atom. The largest absolute Gasteiger partial charge is 0.326 e. The van der Waals surface area contributed by atoms with Gasteiger partial charge in [-0.15, -0.1) is 0 Å². The van der Waals surface area contributed by atoms with Crippen molar-refractivity contribution in [2.75, 3.05) is 0 Å². The second-order valence-electron chi connectivity index (χ2n) is 3.08. The average molecular weight is 287 g/mol. The van der Waals surface area contributed by atoms with E-state index in [4.69, 9.17) is 17.3 Å². The number of halogens is 2. The van der Waals surface area contributed by atoms with Gasteiger partial charge in [0, 0.05) is 17.8 Å². The summed E-state index contributed by atoms with van der Waals surface area (Å²) < 4.78 is 2.67. The maximum absolute atomic E-state index is 5.94. The molecule has 2 aromatic rings. The monoisotopic (exact) mass is 285 g/mol. The first-order valence-corrected chi connectivity index (χ1v) is 5.57. The molecule has 15 heavy (non-hydrogen) atoms. The van der Waals surface area contributed by atoms with E-state index < -0.39 is 0 Å². The Hall–Kier alpha value is -0.840. The lowest BCUT2D eigenvalue weighted by Crippen LogP contribution is -2.04. The molecule has 0 radical (unpaired) electrons. The van der Waals surface area contributed by atoms with E-state index in [0.717, 1.165) is 15.7 Å². The van der Waals surface area contributed by atoms with Crippen LogP contribution in [-0.4, -0.2) is 9.78 Å². The number of benzene rings is 1. The number of nitrogens with two attached hydrogens (primary N) is 1. The van der Waals surface area contributed by atoms with Crippen LogP contribution in [0.15, 0.2) is 35.1 Å². The normalized spacial score (nSPS) is 10.6. The molecule has 0 saturated carbocycles. The molecule has 0 aliphatic rings. The lowest BCUT2D eigenvalue weighted by atomic mass is 10.2. The molecular weight excluding hydrogens is 277 g/mol. The lowest BCUT2D eigenvalue weighted by molar-refractivity contribution is 0.858. The summed E-state index contributed by atoms with van der Waals surface area (Å²) >= 11 is 9.28. The van der Waals surface area contributed by atoms with Crippen LogP contribution in [-0.2, 0) is 6.54 Å². The van der Waals surface area contributed by atoms with Gasteiger partial charge in [-0.3, -0.25) is 0 Å². The maximum Gasteiger partial charge on any atom is 0.0705 e. The van der Waals surface area contributed by atoms with Gasteiger partial charge < -0.3 is 5.73 Å². The Labute approximate surface area is 101 Å².